The summed E-state index contributed by atoms with van der Waals surface area (Å²) in [7, 11) is 1.99. The zero-order chi connectivity index (χ0) is 11.8. The topological polar surface area (TPSA) is 43.6 Å². The van der Waals surface area contributed by atoms with Crippen molar-refractivity contribution in [2.75, 3.05) is 0 Å². The molecule has 3 rings (SSSR count). The Kier molecular flexibility index (Phi) is 2.30. The summed E-state index contributed by atoms with van der Waals surface area (Å²) in [6.45, 7) is 0. The van der Waals surface area contributed by atoms with Crippen molar-refractivity contribution >= 4 is 22.5 Å². The molecule has 0 aliphatic rings. The molecule has 0 N–H and O–H groups in total. The van der Waals surface area contributed by atoms with E-state index in [0.717, 1.165) is 16.5 Å². The van der Waals surface area contributed by atoms with Crippen LogP contribution in [0.4, 0.5) is 0 Å². The highest BCUT2D eigenvalue weighted by molar-refractivity contribution is 6.28. The molecule has 0 fully saturated rings. The first-order valence-corrected chi connectivity index (χ1v) is 5.52. The molecule has 0 unspecified atom stereocenters. The molecule has 0 atom stereocenters. The molecule has 0 radical (unpaired) electrons. The largest absolute Gasteiger partial charge is 0.350 e. The highest BCUT2D eigenvalue weighted by atomic mass is 35.5. The molecule has 0 saturated carbocycles. The van der Waals surface area contributed by atoms with Crippen LogP contribution in [-0.4, -0.2) is 19.5 Å². The molecule has 0 amide bonds. The smallest absolute Gasteiger partial charge is 0.225 e. The van der Waals surface area contributed by atoms with Crippen molar-refractivity contribution in [1.29, 1.82) is 0 Å². The average Bonchev–Trinajstić information content (AvgIpc) is 2.68. The lowest BCUT2D eigenvalue weighted by Crippen LogP contribution is -1.90. The number of aromatic nitrogens is 4. The first kappa shape index (κ1) is 10.2. The number of hydrogen-bond acceptors (Lipinski definition) is 3. The molecule has 0 aliphatic carbocycles. The monoisotopic (exact) mass is 244 g/mol. The molecular weight excluding hydrogens is 236 g/mol. The van der Waals surface area contributed by atoms with Crippen molar-refractivity contribution in [2.24, 2.45) is 7.05 Å². The van der Waals surface area contributed by atoms with Gasteiger partial charge < -0.3 is 4.57 Å². The first-order valence-electron chi connectivity index (χ1n) is 5.14. The fourth-order valence-electron chi connectivity index (χ4n) is 1.93. The number of rotatable bonds is 1. The molecule has 0 aliphatic heterocycles. The van der Waals surface area contributed by atoms with Gasteiger partial charge in [-0.3, -0.25) is 0 Å². The van der Waals surface area contributed by atoms with Crippen molar-refractivity contribution in [1.82, 2.24) is 19.5 Å². The van der Waals surface area contributed by atoms with Crippen molar-refractivity contribution in [3.8, 4) is 11.4 Å². The molecule has 5 heteroatoms. The Hall–Kier alpha value is -1.94. The van der Waals surface area contributed by atoms with E-state index in [1.54, 1.807) is 0 Å². The molecule has 0 bridgehead atoms. The second-order valence-corrected chi connectivity index (χ2v) is 4.09. The Bertz CT molecular complexity index is 690. The van der Waals surface area contributed by atoms with Gasteiger partial charge in [-0.2, -0.15) is 4.98 Å². The van der Waals surface area contributed by atoms with Gasteiger partial charge in [-0.1, -0.05) is 18.2 Å². The predicted molar refractivity (Wildman–Crippen MR) is 66.8 cm³/mol. The molecule has 84 valence electrons. The van der Waals surface area contributed by atoms with Crippen molar-refractivity contribution in [2.45, 2.75) is 0 Å². The molecular formula is C12H9ClN4. The summed E-state index contributed by atoms with van der Waals surface area (Å²) < 4.78 is 2.04. The van der Waals surface area contributed by atoms with E-state index in [1.165, 1.54) is 6.33 Å². The lowest BCUT2D eigenvalue weighted by molar-refractivity contribution is 0.966. The van der Waals surface area contributed by atoms with Gasteiger partial charge in [0.15, 0.2) is 5.82 Å². The standard InChI is InChI=1S/C12H9ClN4/c1-17-6-9(8-4-2-3-5-10(8)17)11-14-7-15-12(13)16-11/h2-7H,1H3. The van der Waals surface area contributed by atoms with Crippen LogP contribution in [0.3, 0.4) is 0 Å². The SMILES string of the molecule is Cn1cc(-c2ncnc(Cl)n2)c2ccccc21. The summed E-state index contributed by atoms with van der Waals surface area (Å²) in [6.07, 6.45) is 3.42. The third kappa shape index (κ3) is 1.66. The van der Waals surface area contributed by atoms with E-state index in [-0.39, 0.29) is 5.28 Å². The van der Waals surface area contributed by atoms with Crippen LogP contribution in [0.5, 0.6) is 0 Å². The summed E-state index contributed by atoms with van der Waals surface area (Å²) in [4.78, 5) is 12.1. The quantitative estimate of drug-likeness (QED) is 0.661. The van der Waals surface area contributed by atoms with Gasteiger partial charge in [-0.15, -0.1) is 0 Å². The summed E-state index contributed by atoms with van der Waals surface area (Å²) in [6, 6.07) is 8.10. The minimum Gasteiger partial charge on any atom is -0.350 e. The van der Waals surface area contributed by atoms with Gasteiger partial charge in [0.1, 0.15) is 6.33 Å². The van der Waals surface area contributed by atoms with Crippen LogP contribution < -0.4 is 0 Å². The fraction of sp³-hybridized carbons (Fsp3) is 0.0833. The van der Waals surface area contributed by atoms with Gasteiger partial charge in [0.25, 0.3) is 0 Å². The number of fused-ring (bicyclic) bond motifs is 1. The molecule has 2 heterocycles. The summed E-state index contributed by atoms with van der Waals surface area (Å²) in [5, 5.41) is 1.32. The highest BCUT2D eigenvalue weighted by Gasteiger charge is 2.10. The van der Waals surface area contributed by atoms with E-state index in [9.17, 15) is 0 Å². The number of halogens is 1. The number of aryl methyl sites for hydroxylation is 1. The van der Waals surface area contributed by atoms with E-state index in [4.69, 9.17) is 11.6 Å². The highest BCUT2D eigenvalue weighted by Crippen LogP contribution is 2.27. The van der Waals surface area contributed by atoms with Gasteiger partial charge in [0.2, 0.25) is 5.28 Å². The molecule has 17 heavy (non-hydrogen) atoms. The van der Waals surface area contributed by atoms with Gasteiger partial charge >= 0.3 is 0 Å². The Morgan fingerprint density at radius 3 is 2.82 bits per heavy atom. The Balaban J connectivity index is 2.31. The minimum atomic E-state index is 0.211. The normalized spacial score (nSPS) is 10.9. The maximum atomic E-state index is 5.78. The van der Waals surface area contributed by atoms with Gasteiger partial charge in [-0.25, -0.2) is 9.97 Å². The fourth-order valence-corrected chi connectivity index (χ4v) is 2.05. The van der Waals surface area contributed by atoms with Crippen LogP contribution in [0, 0.1) is 0 Å². The summed E-state index contributed by atoms with van der Waals surface area (Å²) in [5.74, 6) is 0.599. The lowest BCUT2D eigenvalue weighted by atomic mass is 10.2. The number of benzene rings is 1. The van der Waals surface area contributed by atoms with Gasteiger partial charge in [-0.05, 0) is 17.7 Å². The van der Waals surface area contributed by atoms with Gasteiger partial charge in [0, 0.05) is 29.7 Å². The first-order chi connectivity index (χ1) is 8.25. The zero-order valence-electron chi connectivity index (χ0n) is 9.13. The van der Waals surface area contributed by atoms with Crippen LogP contribution >= 0.6 is 11.6 Å². The van der Waals surface area contributed by atoms with E-state index < -0.39 is 0 Å². The van der Waals surface area contributed by atoms with Crippen molar-refractivity contribution < 1.29 is 0 Å². The Morgan fingerprint density at radius 1 is 1.18 bits per heavy atom. The van der Waals surface area contributed by atoms with Crippen LogP contribution in [0.1, 0.15) is 0 Å². The van der Waals surface area contributed by atoms with Crippen molar-refractivity contribution in [3.05, 3.63) is 42.1 Å². The molecule has 3 aromatic rings. The zero-order valence-corrected chi connectivity index (χ0v) is 9.89. The molecule has 0 saturated heterocycles. The van der Waals surface area contributed by atoms with E-state index in [2.05, 4.69) is 21.0 Å². The van der Waals surface area contributed by atoms with E-state index in [0.29, 0.717) is 5.82 Å². The average molecular weight is 245 g/mol. The minimum absolute atomic E-state index is 0.211. The maximum Gasteiger partial charge on any atom is 0.225 e. The van der Waals surface area contributed by atoms with E-state index >= 15 is 0 Å². The van der Waals surface area contributed by atoms with Crippen LogP contribution in [-0.2, 0) is 7.05 Å². The van der Waals surface area contributed by atoms with Crippen LogP contribution in [0.2, 0.25) is 5.28 Å². The second-order valence-electron chi connectivity index (χ2n) is 3.75. The van der Waals surface area contributed by atoms with Gasteiger partial charge in [0.05, 0.1) is 0 Å². The lowest BCUT2D eigenvalue weighted by Gasteiger charge is -1.97. The summed E-state index contributed by atoms with van der Waals surface area (Å²) in [5.41, 5.74) is 2.10. The van der Waals surface area contributed by atoms with Crippen LogP contribution in [0.15, 0.2) is 36.8 Å². The number of para-hydroxylation sites is 1. The molecule has 4 nitrogen and oxygen atoms in total. The second kappa shape index (κ2) is 3.82. The van der Waals surface area contributed by atoms with Crippen molar-refractivity contribution in [3.63, 3.8) is 0 Å². The molecule has 1 aromatic carbocycles. The third-order valence-corrected chi connectivity index (χ3v) is 2.86. The Labute approximate surface area is 103 Å². The van der Waals surface area contributed by atoms with E-state index in [1.807, 2.05) is 36.0 Å². The molecule has 0 spiro atoms. The predicted octanol–water partition coefficient (Wildman–Crippen LogP) is 2.68. The summed E-state index contributed by atoms with van der Waals surface area (Å²) >= 11 is 5.78. The third-order valence-electron chi connectivity index (χ3n) is 2.68. The Morgan fingerprint density at radius 2 is 2.00 bits per heavy atom. The maximum absolute atomic E-state index is 5.78. The van der Waals surface area contributed by atoms with Crippen LogP contribution in [0.25, 0.3) is 22.3 Å². The number of nitrogens with zero attached hydrogens (tertiary/aromatic N) is 4. The number of hydrogen-bond donors (Lipinski definition) is 0. The molecule has 2 aromatic heterocycles.